The number of rotatable bonds is 3. The lowest BCUT2D eigenvalue weighted by molar-refractivity contribution is 0.493. The van der Waals surface area contributed by atoms with Crippen molar-refractivity contribution in [2.24, 2.45) is 5.41 Å². The van der Waals surface area contributed by atoms with Crippen molar-refractivity contribution in [1.29, 1.82) is 0 Å². The van der Waals surface area contributed by atoms with Crippen LogP contribution in [0.3, 0.4) is 0 Å². The van der Waals surface area contributed by atoms with Crippen molar-refractivity contribution in [2.45, 2.75) is 52.0 Å². The lowest BCUT2D eigenvalue weighted by atomic mass is 10.0. The Morgan fingerprint density at radius 3 is 2.94 bits per heavy atom. The average molecular weight is 216 g/mol. The first-order chi connectivity index (χ1) is 7.67. The van der Waals surface area contributed by atoms with Crippen LogP contribution >= 0.6 is 0 Å². The van der Waals surface area contributed by atoms with Crippen LogP contribution in [-0.2, 0) is 12.8 Å². The number of nitrogens with zero attached hydrogens (tertiary/aromatic N) is 1. The van der Waals surface area contributed by atoms with Gasteiger partial charge in [0.1, 0.15) is 0 Å². The second kappa shape index (κ2) is 3.47. The van der Waals surface area contributed by atoms with Crippen molar-refractivity contribution in [2.75, 3.05) is 5.32 Å². The van der Waals surface area contributed by atoms with Gasteiger partial charge < -0.3 is 5.32 Å². The van der Waals surface area contributed by atoms with Gasteiger partial charge in [-0.2, -0.15) is 0 Å². The molecule has 1 unspecified atom stereocenters. The molecule has 0 aromatic carbocycles. The Morgan fingerprint density at radius 2 is 2.19 bits per heavy atom. The third-order valence-electron chi connectivity index (χ3n) is 4.39. The van der Waals surface area contributed by atoms with Crippen LogP contribution in [0.2, 0.25) is 0 Å². The third kappa shape index (κ3) is 1.70. The van der Waals surface area contributed by atoms with Gasteiger partial charge >= 0.3 is 0 Å². The quantitative estimate of drug-likeness (QED) is 0.839. The van der Waals surface area contributed by atoms with Gasteiger partial charge in [0.25, 0.3) is 0 Å². The molecule has 1 saturated carbocycles. The summed E-state index contributed by atoms with van der Waals surface area (Å²) in [4.78, 5) is 4.55. The minimum Gasteiger partial charge on any atom is -0.381 e. The molecule has 0 radical (unpaired) electrons. The summed E-state index contributed by atoms with van der Waals surface area (Å²) >= 11 is 0. The molecule has 16 heavy (non-hydrogen) atoms. The summed E-state index contributed by atoms with van der Waals surface area (Å²) < 4.78 is 0. The number of anilines is 1. The van der Waals surface area contributed by atoms with E-state index in [9.17, 15) is 0 Å². The number of hydrogen-bond acceptors (Lipinski definition) is 2. The maximum Gasteiger partial charge on any atom is 0.0531 e. The van der Waals surface area contributed by atoms with E-state index in [0.29, 0.717) is 11.5 Å². The number of aromatic nitrogens is 1. The van der Waals surface area contributed by atoms with Crippen LogP contribution in [0.25, 0.3) is 0 Å². The second-order valence-electron chi connectivity index (χ2n) is 5.70. The fourth-order valence-corrected chi connectivity index (χ4v) is 2.56. The Labute approximate surface area is 97.5 Å². The molecule has 0 bridgehead atoms. The van der Waals surface area contributed by atoms with Crippen LogP contribution in [0.15, 0.2) is 12.3 Å². The van der Waals surface area contributed by atoms with E-state index in [2.05, 4.69) is 30.2 Å². The molecule has 1 heterocycles. The fraction of sp³-hybridized carbons (Fsp3) is 0.643. The molecule has 2 aliphatic carbocycles. The number of nitrogens with one attached hydrogen (secondary N) is 1. The van der Waals surface area contributed by atoms with Gasteiger partial charge in [0, 0.05) is 11.7 Å². The minimum atomic E-state index is 0.527. The second-order valence-corrected chi connectivity index (χ2v) is 5.70. The van der Waals surface area contributed by atoms with Crippen LogP contribution in [-0.4, -0.2) is 11.0 Å². The van der Waals surface area contributed by atoms with Crippen molar-refractivity contribution in [3.8, 4) is 0 Å². The fourth-order valence-electron chi connectivity index (χ4n) is 2.56. The van der Waals surface area contributed by atoms with Gasteiger partial charge in [0.05, 0.1) is 11.9 Å². The van der Waals surface area contributed by atoms with Crippen LogP contribution in [0.5, 0.6) is 0 Å². The first kappa shape index (κ1) is 10.1. The summed E-state index contributed by atoms with van der Waals surface area (Å²) in [6.45, 7) is 4.66. The van der Waals surface area contributed by atoms with Crippen molar-refractivity contribution in [3.05, 3.63) is 23.5 Å². The van der Waals surface area contributed by atoms with Gasteiger partial charge in [-0.3, -0.25) is 4.98 Å². The van der Waals surface area contributed by atoms with Crippen LogP contribution in [0.4, 0.5) is 5.69 Å². The highest BCUT2D eigenvalue weighted by Crippen LogP contribution is 2.48. The molecule has 2 nitrogen and oxygen atoms in total. The van der Waals surface area contributed by atoms with Gasteiger partial charge in [-0.05, 0) is 56.1 Å². The van der Waals surface area contributed by atoms with Gasteiger partial charge in [0.2, 0.25) is 0 Å². The molecule has 0 spiro atoms. The van der Waals surface area contributed by atoms with E-state index in [-0.39, 0.29) is 0 Å². The molecule has 0 aliphatic heterocycles. The van der Waals surface area contributed by atoms with Gasteiger partial charge in [-0.15, -0.1) is 0 Å². The Morgan fingerprint density at radius 1 is 1.38 bits per heavy atom. The summed E-state index contributed by atoms with van der Waals surface area (Å²) in [7, 11) is 0. The number of pyridine rings is 1. The standard InChI is InChI=1S/C14H20N2/c1-10(14(2)6-7-14)16-12-8-11-4-3-5-13(11)15-9-12/h8-10,16H,3-7H2,1-2H3. The minimum absolute atomic E-state index is 0.527. The van der Waals surface area contributed by atoms with Crippen LogP contribution < -0.4 is 5.32 Å². The number of fused-ring (bicyclic) bond motifs is 1. The van der Waals surface area contributed by atoms with Crippen LogP contribution in [0.1, 0.15) is 44.4 Å². The van der Waals surface area contributed by atoms with Crippen molar-refractivity contribution < 1.29 is 0 Å². The predicted octanol–water partition coefficient (Wildman–Crippen LogP) is 3.17. The van der Waals surface area contributed by atoms with E-state index in [1.807, 2.05) is 6.20 Å². The topological polar surface area (TPSA) is 24.9 Å². The SMILES string of the molecule is CC(Nc1cnc2c(c1)CCC2)C1(C)CC1. The van der Waals surface area contributed by atoms with Gasteiger partial charge in [0.15, 0.2) is 0 Å². The molecule has 86 valence electrons. The Balaban J connectivity index is 1.75. The van der Waals surface area contributed by atoms with Gasteiger partial charge in [-0.25, -0.2) is 0 Å². The molecule has 3 rings (SSSR count). The molecule has 1 aromatic heterocycles. The highest BCUT2D eigenvalue weighted by Gasteiger charge is 2.42. The Kier molecular flexibility index (Phi) is 2.20. The molecular weight excluding hydrogens is 196 g/mol. The molecule has 2 heteroatoms. The maximum absolute atomic E-state index is 4.55. The summed E-state index contributed by atoms with van der Waals surface area (Å²) in [6, 6.07) is 2.87. The smallest absolute Gasteiger partial charge is 0.0531 e. The summed E-state index contributed by atoms with van der Waals surface area (Å²) in [6.07, 6.45) is 8.39. The first-order valence-electron chi connectivity index (χ1n) is 6.42. The lowest BCUT2D eigenvalue weighted by Gasteiger charge is -2.21. The third-order valence-corrected chi connectivity index (χ3v) is 4.39. The first-order valence-corrected chi connectivity index (χ1v) is 6.42. The summed E-state index contributed by atoms with van der Waals surface area (Å²) in [5, 5.41) is 3.61. The van der Waals surface area contributed by atoms with Crippen molar-refractivity contribution in [3.63, 3.8) is 0 Å². The zero-order valence-electron chi connectivity index (χ0n) is 10.2. The summed E-state index contributed by atoms with van der Waals surface area (Å²) in [5.74, 6) is 0. The molecule has 0 saturated heterocycles. The van der Waals surface area contributed by atoms with E-state index >= 15 is 0 Å². The predicted molar refractivity (Wildman–Crippen MR) is 66.7 cm³/mol. The Bertz CT molecular complexity index is 407. The van der Waals surface area contributed by atoms with Crippen molar-refractivity contribution >= 4 is 5.69 Å². The van der Waals surface area contributed by atoms with E-state index in [4.69, 9.17) is 0 Å². The molecule has 1 N–H and O–H groups in total. The zero-order valence-corrected chi connectivity index (χ0v) is 10.2. The normalized spacial score (nSPS) is 22.6. The van der Waals surface area contributed by atoms with E-state index in [1.165, 1.54) is 49.0 Å². The molecular formula is C14H20N2. The van der Waals surface area contributed by atoms with Crippen molar-refractivity contribution in [1.82, 2.24) is 4.98 Å². The maximum atomic E-state index is 4.55. The lowest BCUT2D eigenvalue weighted by Crippen LogP contribution is -2.25. The molecule has 0 amide bonds. The average Bonchev–Trinajstić information content (AvgIpc) is 2.87. The molecule has 2 aliphatic rings. The molecule has 1 atom stereocenters. The highest BCUT2D eigenvalue weighted by molar-refractivity contribution is 5.47. The number of hydrogen-bond donors (Lipinski definition) is 1. The van der Waals surface area contributed by atoms with E-state index in [1.54, 1.807) is 0 Å². The zero-order chi connectivity index (χ0) is 11.2. The number of aryl methyl sites for hydroxylation is 2. The molecule has 1 fully saturated rings. The summed E-state index contributed by atoms with van der Waals surface area (Å²) in [5.41, 5.74) is 4.51. The van der Waals surface area contributed by atoms with E-state index in [0.717, 1.165) is 0 Å². The van der Waals surface area contributed by atoms with Crippen LogP contribution in [0, 0.1) is 5.41 Å². The van der Waals surface area contributed by atoms with Gasteiger partial charge in [-0.1, -0.05) is 6.92 Å². The Hall–Kier alpha value is -1.05. The largest absolute Gasteiger partial charge is 0.381 e. The highest BCUT2D eigenvalue weighted by atomic mass is 15.0. The molecule has 1 aromatic rings. The monoisotopic (exact) mass is 216 g/mol. The van der Waals surface area contributed by atoms with E-state index < -0.39 is 0 Å².